The fourth-order valence-corrected chi connectivity index (χ4v) is 2.85. The molecule has 1 aliphatic carbocycles. The van der Waals surface area contributed by atoms with Crippen molar-refractivity contribution in [2.24, 2.45) is 10.9 Å². The Morgan fingerprint density at radius 3 is 2.57 bits per heavy atom. The van der Waals surface area contributed by atoms with Crippen LogP contribution >= 0.6 is 11.3 Å². The Morgan fingerprint density at radius 1 is 1.24 bits per heavy atom. The van der Waals surface area contributed by atoms with E-state index in [1.54, 1.807) is 7.05 Å². The van der Waals surface area contributed by atoms with Gasteiger partial charge in [0.15, 0.2) is 5.96 Å². The molecule has 1 aromatic heterocycles. The van der Waals surface area contributed by atoms with Crippen LogP contribution in [0.3, 0.4) is 0 Å². The second kappa shape index (κ2) is 8.02. The first-order valence-electron chi connectivity index (χ1n) is 7.52. The van der Waals surface area contributed by atoms with E-state index < -0.39 is 0 Å². The van der Waals surface area contributed by atoms with Crippen molar-refractivity contribution in [1.29, 1.82) is 0 Å². The summed E-state index contributed by atoms with van der Waals surface area (Å²) >= 11 is 1.83. The molecule has 0 spiro atoms. The van der Waals surface area contributed by atoms with Gasteiger partial charge in [0.1, 0.15) is 0 Å². The van der Waals surface area contributed by atoms with Crippen molar-refractivity contribution in [3.63, 3.8) is 0 Å². The predicted octanol–water partition coefficient (Wildman–Crippen LogP) is 1.50. The van der Waals surface area contributed by atoms with E-state index in [1.165, 1.54) is 9.75 Å². The lowest BCUT2D eigenvalue weighted by molar-refractivity contribution is -0.122. The molecule has 1 heterocycles. The number of hydrogen-bond acceptors (Lipinski definition) is 3. The van der Waals surface area contributed by atoms with Crippen molar-refractivity contribution >= 4 is 23.2 Å². The van der Waals surface area contributed by atoms with E-state index in [0.717, 1.165) is 31.8 Å². The number of nitrogens with one attached hydrogen (secondary N) is 3. The van der Waals surface area contributed by atoms with Gasteiger partial charge in [0.2, 0.25) is 5.91 Å². The summed E-state index contributed by atoms with van der Waals surface area (Å²) in [5.74, 6) is 1.22. The Morgan fingerprint density at radius 2 is 1.95 bits per heavy atom. The normalized spacial score (nSPS) is 14.9. The van der Waals surface area contributed by atoms with Gasteiger partial charge in [0.25, 0.3) is 0 Å². The van der Waals surface area contributed by atoms with Gasteiger partial charge in [-0.1, -0.05) is 6.92 Å². The quantitative estimate of drug-likeness (QED) is 0.406. The van der Waals surface area contributed by atoms with Crippen LogP contribution in [0, 0.1) is 5.92 Å². The molecule has 1 aromatic rings. The Kier molecular flexibility index (Phi) is 6.04. The smallest absolute Gasteiger partial charge is 0.223 e. The number of carbonyl (C=O) groups is 1. The summed E-state index contributed by atoms with van der Waals surface area (Å²) < 4.78 is 0. The molecule has 1 amide bonds. The highest BCUT2D eigenvalue weighted by molar-refractivity contribution is 7.11. The Balaban J connectivity index is 1.62. The van der Waals surface area contributed by atoms with Crippen LogP contribution in [0.2, 0.25) is 0 Å². The number of thiophene rings is 1. The van der Waals surface area contributed by atoms with E-state index in [2.05, 4.69) is 40.0 Å². The van der Waals surface area contributed by atoms with Gasteiger partial charge < -0.3 is 16.0 Å². The lowest BCUT2D eigenvalue weighted by atomic mass is 10.3. The first-order chi connectivity index (χ1) is 10.2. The number of aliphatic imine (C=N–C) groups is 1. The van der Waals surface area contributed by atoms with Crippen LogP contribution in [-0.4, -0.2) is 32.0 Å². The summed E-state index contributed by atoms with van der Waals surface area (Å²) in [6.07, 6.45) is 3.17. The molecule has 21 heavy (non-hydrogen) atoms. The molecule has 1 aliphatic rings. The Hall–Kier alpha value is -1.56. The lowest BCUT2D eigenvalue weighted by Crippen LogP contribution is -2.41. The summed E-state index contributed by atoms with van der Waals surface area (Å²) in [6, 6.07) is 4.32. The van der Waals surface area contributed by atoms with Crippen molar-refractivity contribution in [1.82, 2.24) is 16.0 Å². The van der Waals surface area contributed by atoms with Gasteiger partial charge in [0, 0.05) is 35.8 Å². The number of aryl methyl sites for hydroxylation is 1. The highest BCUT2D eigenvalue weighted by atomic mass is 32.1. The van der Waals surface area contributed by atoms with Crippen molar-refractivity contribution < 1.29 is 4.79 Å². The third kappa shape index (κ3) is 5.38. The highest BCUT2D eigenvalue weighted by Gasteiger charge is 2.28. The summed E-state index contributed by atoms with van der Waals surface area (Å²) in [4.78, 5) is 18.4. The van der Waals surface area contributed by atoms with Gasteiger partial charge in [-0.2, -0.15) is 0 Å². The van der Waals surface area contributed by atoms with Gasteiger partial charge in [0.05, 0.1) is 6.54 Å². The Bertz CT molecular complexity index is 494. The molecular formula is C15H24N4OS. The van der Waals surface area contributed by atoms with Crippen LogP contribution in [0.15, 0.2) is 17.1 Å². The van der Waals surface area contributed by atoms with Gasteiger partial charge in [-0.05, 0) is 31.4 Å². The van der Waals surface area contributed by atoms with Gasteiger partial charge in [-0.25, -0.2) is 0 Å². The molecule has 0 bridgehead atoms. The maximum absolute atomic E-state index is 11.5. The average molecular weight is 308 g/mol. The second-order valence-corrected chi connectivity index (χ2v) is 6.39. The molecule has 1 fully saturated rings. The number of rotatable bonds is 7. The minimum Gasteiger partial charge on any atom is -0.355 e. The van der Waals surface area contributed by atoms with Crippen LogP contribution in [0.5, 0.6) is 0 Å². The maximum Gasteiger partial charge on any atom is 0.223 e. The summed E-state index contributed by atoms with van der Waals surface area (Å²) in [5, 5.41) is 9.41. The van der Waals surface area contributed by atoms with E-state index in [1.807, 2.05) is 11.3 Å². The number of guanidine groups is 1. The van der Waals surface area contributed by atoms with Crippen LogP contribution in [0.4, 0.5) is 0 Å². The molecule has 0 radical (unpaired) electrons. The van der Waals surface area contributed by atoms with Crippen LogP contribution < -0.4 is 16.0 Å². The fraction of sp³-hybridized carbons (Fsp3) is 0.600. The van der Waals surface area contributed by atoms with Crippen molar-refractivity contribution in [2.45, 2.75) is 32.7 Å². The van der Waals surface area contributed by atoms with E-state index in [4.69, 9.17) is 0 Å². The summed E-state index contributed by atoms with van der Waals surface area (Å²) in [5.41, 5.74) is 0. The molecule has 2 rings (SSSR count). The van der Waals surface area contributed by atoms with Crippen LogP contribution in [0.25, 0.3) is 0 Å². The molecule has 5 nitrogen and oxygen atoms in total. The number of amides is 1. The number of carbonyl (C=O) groups excluding carboxylic acids is 1. The molecule has 1 saturated carbocycles. The molecule has 0 saturated heterocycles. The second-order valence-electron chi connectivity index (χ2n) is 5.14. The van der Waals surface area contributed by atoms with Crippen LogP contribution in [0.1, 0.15) is 29.5 Å². The third-order valence-electron chi connectivity index (χ3n) is 3.38. The molecular weight excluding hydrogens is 284 g/mol. The lowest BCUT2D eigenvalue weighted by Gasteiger charge is -2.11. The average Bonchev–Trinajstić information content (AvgIpc) is 3.25. The predicted molar refractivity (Wildman–Crippen MR) is 87.6 cm³/mol. The molecule has 3 N–H and O–H groups in total. The molecule has 0 atom stereocenters. The number of nitrogens with zero attached hydrogens (tertiary/aromatic N) is 1. The maximum atomic E-state index is 11.5. The minimum absolute atomic E-state index is 0.186. The zero-order valence-corrected chi connectivity index (χ0v) is 13.6. The number of hydrogen-bond donors (Lipinski definition) is 3. The zero-order chi connectivity index (χ0) is 15.1. The SMILES string of the molecule is CCc1ccc(CNC(=NC)NCCNC(=O)C2CC2)s1. The molecule has 116 valence electrons. The fourth-order valence-electron chi connectivity index (χ4n) is 1.96. The first-order valence-corrected chi connectivity index (χ1v) is 8.34. The minimum atomic E-state index is 0.186. The van der Waals surface area contributed by atoms with Gasteiger partial charge >= 0.3 is 0 Å². The van der Waals surface area contributed by atoms with Gasteiger partial charge in [-0.3, -0.25) is 9.79 Å². The third-order valence-corrected chi connectivity index (χ3v) is 4.61. The molecule has 0 aliphatic heterocycles. The highest BCUT2D eigenvalue weighted by Crippen LogP contribution is 2.28. The summed E-state index contributed by atoms with van der Waals surface area (Å²) in [7, 11) is 1.75. The molecule has 0 aromatic carbocycles. The zero-order valence-electron chi connectivity index (χ0n) is 12.7. The van der Waals surface area contributed by atoms with E-state index >= 15 is 0 Å². The summed E-state index contributed by atoms with van der Waals surface area (Å²) in [6.45, 7) is 4.26. The van der Waals surface area contributed by atoms with Crippen molar-refractivity contribution in [2.75, 3.05) is 20.1 Å². The largest absolute Gasteiger partial charge is 0.355 e. The first kappa shape index (κ1) is 15.8. The van der Waals surface area contributed by atoms with Crippen LogP contribution in [-0.2, 0) is 17.8 Å². The van der Waals surface area contributed by atoms with E-state index in [-0.39, 0.29) is 11.8 Å². The van der Waals surface area contributed by atoms with Gasteiger partial charge in [-0.15, -0.1) is 11.3 Å². The van der Waals surface area contributed by atoms with E-state index in [9.17, 15) is 4.79 Å². The monoisotopic (exact) mass is 308 g/mol. The molecule has 6 heteroatoms. The van der Waals surface area contributed by atoms with Crippen molar-refractivity contribution in [3.05, 3.63) is 21.9 Å². The molecule has 0 unspecified atom stereocenters. The van der Waals surface area contributed by atoms with E-state index in [0.29, 0.717) is 13.1 Å². The Labute approximate surface area is 130 Å². The van der Waals surface area contributed by atoms with Crippen molar-refractivity contribution in [3.8, 4) is 0 Å². The standard InChI is InChI=1S/C15H24N4OS/c1-3-12-6-7-13(21-12)10-19-15(16-2)18-9-8-17-14(20)11-4-5-11/h6-7,11H,3-5,8-10H2,1-2H3,(H,17,20)(H2,16,18,19). The topological polar surface area (TPSA) is 65.5 Å².